The molecular formula is C15H21NO. The summed E-state index contributed by atoms with van der Waals surface area (Å²) in [5, 5.41) is 0. The Hall–Kier alpha value is -0.860. The van der Waals surface area contributed by atoms with Gasteiger partial charge in [-0.3, -0.25) is 0 Å². The minimum atomic E-state index is -0.0556. The van der Waals surface area contributed by atoms with E-state index in [9.17, 15) is 0 Å². The first kappa shape index (κ1) is 11.2. The molecule has 0 radical (unpaired) electrons. The summed E-state index contributed by atoms with van der Waals surface area (Å²) in [5.74, 6) is 0. The van der Waals surface area contributed by atoms with Gasteiger partial charge in [0.15, 0.2) is 0 Å². The Morgan fingerprint density at radius 3 is 2.24 bits per heavy atom. The fourth-order valence-corrected chi connectivity index (χ4v) is 3.13. The molecule has 0 aliphatic heterocycles. The van der Waals surface area contributed by atoms with Crippen LogP contribution >= 0.6 is 0 Å². The highest BCUT2D eigenvalue weighted by atomic mass is 16.5. The van der Waals surface area contributed by atoms with Gasteiger partial charge < -0.3 is 10.5 Å². The van der Waals surface area contributed by atoms with Gasteiger partial charge in [-0.05, 0) is 43.2 Å². The molecule has 2 heteroatoms. The summed E-state index contributed by atoms with van der Waals surface area (Å²) in [7, 11) is 1.80. The number of hydrogen-bond acceptors (Lipinski definition) is 2. The third-order valence-electron chi connectivity index (χ3n) is 4.55. The van der Waals surface area contributed by atoms with E-state index < -0.39 is 0 Å². The van der Waals surface area contributed by atoms with Crippen LogP contribution in [-0.4, -0.2) is 13.7 Å². The maximum Gasteiger partial charge on any atom is 0.0559 e. The minimum absolute atomic E-state index is 0.0556. The molecule has 0 saturated heterocycles. The lowest BCUT2D eigenvalue weighted by Gasteiger charge is -2.41. The average Bonchev–Trinajstić information content (AvgIpc) is 3.08. The van der Waals surface area contributed by atoms with Crippen LogP contribution in [0.25, 0.3) is 0 Å². The fourth-order valence-electron chi connectivity index (χ4n) is 3.13. The van der Waals surface area contributed by atoms with E-state index >= 15 is 0 Å². The minimum Gasteiger partial charge on any atom is -0.384 e. The number of methoxy groups -OCH3 is 1. The van der Waals surface area contributed by atoms with Gasteiger partial charge in [-0.2, -0.15) is 0 Å². The molecule has 2 saturated carbocycles. The van der Waals surface area contributed by atoms with Crippen molar-refractivity contribution in [3.63, 3.8) is 0 Å². The Bertz CT molecular complexity index is 419. The lowest BCUT2D eigenvalue weighted by atomic mass is 9.69. The van der Waals surface area contributed by atoms with Crippen molar-refractivity contribution in [1.29, 1.82) is 0 Å². The number of nitrogens with two attached hydrogens (primary N) is 1. The predicted molar refractivity (Wildman–Crippen MR) is 68.9 cm³/mol. The molecule has 2 aliphatic rings. The third kappa shape index (κ3) is 1.71. The Labute approximate surface area is 103 Å². The Kier molecular flexibility index (Phi) is 2.53. The summed E-state index contributed by atoms with van der Waals surface area (Å²) in [6.07, 6.45) is 6.02. The normalized spacial score (nSPS) is 24.1. The summed E-state index contributed by atoms with van der Waals surface area (Å²) in [6, 6.07) is 8.74. The van der Waals surface area contributed by atoms with Crippen molar-refractivity contribution in [1.82, 2.24) is 0 Å². The molecule has 1 aromatic rings. The average molecular weight is 231 g/mol. The molecular weight excluding hydrogens is 210 g/mol. The van der Waals surface area contributed by atoms with Gasteiger partial charge in [0.2, 0.25) is 0 Å². The highest BCUT2D eigenvalue weighted by molar-refractivity contribution is 5.43. The number of benzene rings is 1. The molecule has 0 spiro atoms. The molecule has 2 nitrogen and oxygen atoms in total. The summed E-state index contributed by atoms with van der Waals surface area (Å²) in [4.78, 5) is 0. The van der Waals surface area contributed by atoms with Gasteiger partial charge in [0.05, 0.1) is 6.61 Å². The van der Waals surface area contributed by atoms with Crippen molar-refractivity contribution in [2.45, 2.75) is 43.1 Å². The first-order valence-corrected chi connectivity index (χ1v) is 6.58. The smallest absolute Gasteiger partial charge is 0.0559 e. The van der Waals surface area contributed by atoms with Crippen LogP contribution in [-0.2, 0) is 15.7 Å². The van der Waals surface area contributed by atoms with Crippen molar-refractivity contribution in [3.8, 4) is 0 Å². The van der Waals surface area contributed by atoms with Crippen LogP contribution in [0.2, 0.25) is 0 Å². The number of ether oxygens (including phenoxy) is 1. The maximum absolute atomic E-state index is 6.50. The monoisotopic (exact) mass is 231 g/mol. The van der Waals surface area contributed by atoms with E-state index in [4.69, 9.17) is 10.5 Å². The van der Waals surface area contributed by atoms with Gasteiger partial charge in [0, 0.05) is 18.1 Å². The van der Waals surface area contributed by atoms with Crippen LogP contribution in [0.15, 0.2) is 24.3 Å². The van der Waals surface area contributed by atoms with Gasteiger partial charge in [-0.25, -0.2) is 0 Å². The van der Waals surface area contributed by atoms with E-state index in [0.29, 0.717) is 0 Å². The number of hydrogen-bond donors (Lipinski definition) is 1. The van der Waals surface area contributed by atoms with Crippen molar-refractivity contribution in [3.05, 3.63) is 35.4 Å². The maximum atomic E-state index is 6.50. The van der Waals surface area contributed by atoms with Gasteiger partial charge in [0.25, 0.3) is 0 Å². The Morgan fingerprint density at radius 2 is 1.76 bits per heavy atom. The van der Waals surface area contributed by atoms with E-state index in [2.05, 4.69) is 24.3 Å². The van der Waals surface area contributed by atoms with Crippen LogP contribution in [0.1, 0.15) is 43.2 Å². The van der Waals surface area contributed by atoms with Gasteiger partial charge >= 0.3 is 0 Å². The van der Waals surface area contributed by atoms with Crippen molar-refractivity contribution in [2.75, 3.05) is 13.7 Å². The van der Waals surface area contributed by atoms with Crippen molar-refractivity contribution < 1.29 is 4.74 Å². The summed E-state index contributed by atoms with van der Waals surface area (Å²) < 4.78 is 5.40. The molecule has 0 heterocycles. The van der Waals surface area contributed by atoms with E-state index in [-0.39, 0.29) is 11.0 Å². The summed E-state index contributed by atoms with van der Waals surface area (Å²) >= 11 is 0. The van der Waals surface area contributed by atoms with Crippen LogP contribution in [0.5, 0.6) is 0 Å². The quantitative estimate of drug-likeness (QED) is 0.864. The lowest BCUT2D eigenvalue weighted by Crippen LogP contribution is -2.44. The second-order valence-corrected chi connectivity index (χ2v) is 5.77. The zero-order valence-electron chi connectivity index (χ0n) is 10.5. The number of rotatable bonds is 4. The SMILES string of the molecule is COCC1(c2ccccc2C2(N)CCC2)CC1. The molecule has 0 bridgehead atoms. The predicted octanol–water partition coefficient (Wildman–Crippen LogP) is 2.70. The summed E-state index contributed by atoms with van der Waals surface area (Å²) in [6.45, 7) is 0.833. The largest absolute Gasteiger partial charge is 0.384 e. The van der Waals surface area contributed by atoms with E-state index in [1.807, 2.05) is 0 Å². The second kappa shape index (κ2) is 3.82. The lowest BCUT2D eigenvalue weighted by molar-refractivity contribution is 0.168. The first-order valence-electron chi connectivity index (χ1n) is 6.58. The molecule has 0 aromatic heterocycles. The van der Waals surface area contributed by atoms with Crippen LogP contribution in [0.4, 0.5) is 0 Å². The highest BCUT2D eigenvalue weighted by Crippen LogP contribution is 2.52. The molecule has 2 N–H and O–H groups in total. The van der Waals surface area contributed by atoms with Crippen molar-refractivity contribution in [2.24, 2.45) is 5.73 Å². The molecule has 0 atom stereocenters. The molecule has 3 rings (SSSR count). The standard InChI is InChI=1S/C15H21NO/c1-17-11-14(9-10-14)12-5-2-3-6-13(12)15(16)7-4-8-15/h2-3,5-6H,4,7-11,16H2,1H3. The van der Waals surface area contributed by atoms with Gasteiger partial charge in [-0.1, -0.05) is 24.3 Å². The van der Waals surface area contributed by atoms with Crippen LogP contribution < -0.4 is 5.73 Å². The Balaban J connectivity index is 1.99. The summed E-state index contributed by atoms with van der Waals surface area (Å²) in [5.41, 5.74) is 9.54. The molecule has 2 aliphatic carbocycles. The molecule has 92 valence electrons. The molecule has 17 heavy (non-hydrogen) atoms. The Morgan fingerprint density at radius 1 is 1.12 bits per heavy atom. The van der Waals surface area contributed by atoms with E-state index in [1.54, 1.807) is 7.11 Å². The van der Waals surface area contributed by atoms with Crippen LogP contribution in [0.3, 0.4) is 0 Å². The van der Waals surface area contributed by atoms with Crippen molar-refractivity contribution >= 4 is 0 Å². The molecule has 0 amide bonds. The zero-order chi connectivity index (χ0) is 11.9. The van der Waals surface area contributed by atoms with Crippen LogP contribution in [0, 0.1) is 0 Å². The van der Waals surface area contributed by atoms with E-state index in [0.717, 1.165) is 19.4 Å². The first-order chi connectivity index (χ1) is 8.20. The molecule has 0 unspecified atom stereocenters. The highest BCUT2D eigenvalue weighted by Gasteiger charge is 2.48. The third-order valence-corrected chi connectivity index (χ3v) is 4.55. The van der Waals surface area contributed by atoms with Gasteiger partial charge in [0.1, 0.15) is 0 Å². The van der Waals surface area contributed by atoms with E-state index in [1.165, 1.54) is 30.4 Å². The van der Waals surface area contributed by atoms with Gasteiger partial charge in [-0.15, -0.1) is 0 Å². The fraction of sp³-hybridized carbons (Fsp3) is 0.600. The zero-order valence-corrected chi connectivity index (χ0v) is 10.5. The molecule has 2 fully saturated rings. The second-order valence-electron chi connectivity index (χ2n) is 5.77. The topological polar surface area (TPSA) is 35.2 Å². The molecule has 1 aromatic carbocycles.